The second-order valence-electron chi connectivity index (χ2n) is 0.846. The summed E-state index contributed by atoms with van der Waals surface area (Å²) in [7, 11) is 0. The van der Waals surface area contributed by atoms with Gasteiger partial charge >= 0.3 is 0 Å². The first kappa shape index (κ1) is 15.6. The molecule has 0 aliphatic heterocycles. The summed E-state index contributed by atoms with van der Waals surface area (Å²) in [5.74, 6) is 0. The molecule has 0 heterocycles. The summed E-state index contributed by atoms with van der Waals surface area (Å²) in [5, 5.41) is 2.99. The zero-order valence-corrected chi connectivity index (χ0v) is 6.55. The molecular weight excluding hydrogens is 124 g/mol. The van der Waals surface area contributed by atoms with E-state index in [4.69, 9.17) is 0 Å². The second kappa shape index (κ2) is 15.9. The summed E-state index contributed by atoms with van der Waals surface area (Å²) in [6, 6.07) is 0. The monoisotopic (exact) mass is 137 g/mol. The van der Waals surface area contributed by atoms with Crippen LogP contribution in [-0.2, 0) is 21.7 Å². The van der Waals surface area contributed by atoms with E-state index < -0.39 is 0 Å². The minimum atomic E-state index is 0. The molecule has 4 N–H and O–H groups in total. The Morgan fingerprint density at radius 1 is 1.57 bits per heavy atom. The van der Waals surface area contributed by atoms with Gasteiger partial charge in [-0.1, -0.05) is 6.92 Å². The van der Waals surface area contributed by atoms with E-state index in [0.29, 0.717) is 0 Å². The molecule has 0 fully saturated rings. The van der Waals surface area contributed by atoms with Gasteiger partial charge in [-0.2, -0.15) is 6.92 Å². The molecule has 0 atom stereocenters. The van der Waals surface area contributed by atoms with E-state index in [1.54, 1.807) is 0 Å². The van der Waals surface area contributed by atoms with Crippen molar-refractivity contribution in [3.05, 3.63) is 6.54 Å². The van der Waals surface area contributed by atoms with Crippen LogP contribution < -0.4 is 11.5 Å². The number of hydrogen-bond donors (Lipinski definition) is 2. The third-order valence-electron chi connectivity index (χ3n) is 0.408. The summed E-state index contributed by atoms with van der Waals surface area (Å²) in [6.07, 6.45) is 0. The van der Waals surface area contributed by atoms with Crippen molar-refractivity contribution in [3.63, 3.8) is 0 Å². The molecule has 0 aromatic rings. The van der Waals surface area contributed by atoms with E-state index >= 15 is 0 Å². The van der Waals surface area contributed by atoms with Crippen LogP contribution in [0.25, 0.3) is 0 Å². The van der Waals surface area contributed by atoms with Crippen LogP contribution in [0.15, 0.2) is 0 Å². The zero-order chi connectivity index (χ0) is 4.12. The first-order chi connectivity index (χ1) is 2.41. The van der Waals surface area contributed by atoms with E-state index in [9.17, 15) is 0 Å². The number of rotatable bonds is 2. The zero-order valence-electron chi connectivity index (χ0n) is 4.99. The average molecular weight is 137 g/mol. The standard InChI is InChI=1S/C4H10N.H3N.Ti/c1-3-5-4-2;;/h3,5H,4H2,1-2H3;1H3;/q-1;;. The van der Waals surface area contributed by atoms with Gasteiger partial charge in [0.15, 0.2) is 0 Å². The molecule has 44 valence electrons. The third kappa shape index (κ3) is 20.5. The molecule has 0 saturated carbocycles. The van der Waals surface area contributed by atoms with E-state index in [-0.39, 0.29) is 27.9 Å². The van der Waals surface area contributed by atoms with E-state index in [1.165, 1.54) is 0 Å². The molecule has 0 aliphatic carbocycles. The maximum Gasteiger partial charge on any atom is 0 e. The van der Waals surface area contributed by atoms with Crippen LogP contribution >= 0.6 is 0 Å². The molecule has 2 nitrogen and oxygen atoms in total. The summed E-state index contributed by atoms with van der Waals surface area (Å²) in [4.78, 5) is 0. The molecule has 7 heavy (non-hydrogen) atoms. The van der Waals surface area contributed by atoms with Crippen molar-refractivity contribution in [1.82, 2.24) is 11.5 Å². The summed E-state index contributed by atoms with van der Waals surface area (Å²) in [6.45, 7) is 7.01. The molecule has 0 bridgehead atoms. The van der Waals surface area contributed by atoms with Crippen LogP contribution in [0.2, 0.25) is 0 Å². The molecule has 0 aromatic heterocycles. The van der Waals surface area contributed by atoms with Gasteiger partial charge in [0.05, 0.1) is 0 Å². The van der Waals surface area contributed by atoms with Crippen molar-refractivity contribution >= 4 is 0 Å². The van der Waals surface area contributed by atoms with Crippen molar-refractivity contribution in [3.8, 4) is 0 Å². The first-order valence-electron chi connectivity index (χ1n) is 1.93. The van der Waals surface area contributed by atoms with Crippen molar-refractivity contribution < 1.29 is 21.7 Å². The van der Waals surface area contributed by atoms with Crippen LogP contribution in [0.5, 0.6) is 0 Å². The Morgan fingerprint density at radius 2 is 2.00 bits per heavy atom. The average Bonchev–Trinajstić information content (AvgIpc) is 1.41. The molecule has 0 aromatic carbocycles. The number of nitrogens with one attached hydrogen (secondary N) is 1. The van der Waals surface area contributed by atoms with Gasteiger partial charge in [-0.15, -0.1) is 0 Å². The van der Waals surface area contributed by atoms with Gasteiger partial charge in [0.2, 0.25) is 0 Å². The SMILES string of the molecule is C[CH-]NCC.N.[Ti]. The van der Waals surface area contributed by atoms with Crippen molar-refractivity contribution in [1.29, 1.82) is 0 Å². The van der Waals surface area contributed by atoms with E-state index in [1.807, 2.05) is 13.5 Å². The molecule has 0 saturated heterocycles. The van der Waals surface area contributed by atoms with Crippen LogP contribution in [-0.4, -0.2) is 6.54 Å². The Kier molecular flexibility index (Phi) is 35.6. The molecule has 0 unspecified atom stereocenters. The predicted molar refractivity (Wildman–Crippen MR) is 28.7 cm³/mol. The third-order valence-corrected chi connectivity index (χ3v) is 0.408. The minimum Gasteiger partial charge on any atom is -0.470 e. The Labute approximate surface area is 60.5 Å². The Hall–Kier alpha value is 0.634. The van der Waals surface area contributed by atoms with Gasteiger partial charge < -0.3 is 11.5 Å². The van der Waals surface area contributed by atoms with Crippen molar-refractivity contribution in [2.24, 2.45) is 0 Å². The summed E-state index contributed by atoms with van der Waals surface area (Å²) < 4.78 is 0. The maximum absolute atomic E-state index is 2.99. The fourth-order valence-corrected chi connectivity index (χ4v) is 0.204. The van der Waals surface area contributed by atoms with Gasteiger partial charge in [0.1, 0.15) is 0 Å². The van der Waals surface area contributed by atoms with Gasteiger partial charge in [-0.05, 0) is 6.54 Å². The molecule has 0 rings (SSSR count). The van der Waals surface area contributed by atoms with E-state index in [0.717, 1.165) is 6.54 Å². The molecule has 0 spiro atoms. The predicted octanol–water partition coefficient (Wildman–Crippen LogP) is 0.937. The Balaban J connectivity index is -0.0000000800. The smallest absolute Gasteiger partial charge is 0 e. The minimum absolute atomic E-state index is 0. The van der Waals surface area contributed by atoms with E-state index in [2.05, 4.69) is 12.2 Å². The van der Waals surface area contributed by atoms with Crippen molar-refractivity contribution in [2.45, 2.75) is 13.8 Å². The maximum atomic E-state index is 2.99. The summed E-state index contributed by atoms with van der Waals surface area (Å²) in [5.41, 5.74) is 0. The normalized spacial score (nSPS) is 6.00. The van der Waals surface area contributed by atoms with Crippen LogP contribution in [0.4, 0.5) is 0 Å². The van der Waals surface area contributed by atoms with Crippen LogP contribution in [0.1, 0.15) is 13.8 Å². The van der Waals surface area contributed by atoms with Gasteiger partial charge in [0.25, 0.3) is 0 Å². The van der Waals surface area contributed by atoms with Gasteiger partial charge in [0, 0.05) is 21.7 Å². The Morgan fingerprint density at radius 3 is 2.00 bits per heavy atom. The number of hydrogen-bond acceptors (Lipinski definition) is 2. The molecule has 0 amide bonds. The van der Waals surface area contributed by atoms with Crippen LogP contribution in [0.3, 0.4) is 0 Å². The molecular formula is C4H13N2Ti-. The van der Waals surface area contributed by atoms with Gasteiger partial charge in [-0.3, -0.25) is 6.54 Å². The fraction of sp³-hybridized carbons (Fsp3) is 0.750. The first-order valence-corrected chi connectivity index (χ1v) is 1.93. The second-order valence-corrected chi connectivity index (χ2v) is 0.846. The topological polar surface area (TPSA) is 47.0 Å². The summed E-state index contributed by atoms with van der Waals surface area (Å²) >= 11 is 0. The Bertz CT molecular complexity index is 17.2. The molecule has 0 radical (unpaired) electrons. The van der Waals surface area contributed by atoms with Gasteiger partial charge in [-0.25, -0.2) is 0 Å². The molecule has 0 aliphatic rings. The largest absolute Gasteiger partial charge is 0.470 e. The quantitative estimate of drug-likeness (QED) is 0.439. The van der Waals surface area contributed by atoms with Crippen LogP contribution in [0, 0.1) is 6.54 Å². The molecule has 3 heteroatoms. The fourth-order valence-electron chi connectivity index (χ4n) is 0.204. The van der Waals surface area contributed by atoms with Crippen molar-refractivity contribution in [2.75, 3.05) is 6.54 Å².